The monoisotopic (exact) mass is 398 g/mol. The Morgan fingerprint density at radius 2 is 2.00 bits per heavy atom. The van der Waals surface area contributed by atoms with E-state index < -0.39 is 0 Å². The summed E-state index contributed by atoms with van der Waals surface area (Å²) in [4.78, 5) is 34.2. The van der Waals surface area contributed by atoms with Gasteiger partial charge in [-0.3, -0.25) is 9.69 Å². The summed E-state index contributed by atoms with van der Waals surface area (Å²) in [6, 6.07) is 1.95. The van der Waals surface area contributed by atoms with Crippen LogP contribution >= 0.6 is 0 Å². The van der Waals surface area contributed by atoms with Crippen molar-refractivity contribution < 1.29 is 9.59 Å². The molecule has 0 atom stereocenters. The normalized spacial score (nSPS) is 18.1. The molecule has 1 aliphatic heterocycles. The first-order chi connectivity index (χ1) is 13.7. The minimum Gasteiger partial charge on any atom is -0.347 e. The van der Waals surface area contributed by atoms with Crippen molar-refractivity contribution in [3.63, 3.8) is 0 Å². The second-order valence-electron chi connectivity index (χ2n) is 9.07. The Kier molecular flexibility index (Phi) is 4.75. The number of carbonyl (C=O) groups is 2. The summed E-state index contributed by atoms with van der Waals surface area (Å²) >= 11 is 0. The van der Waals surface area contributed by atoms with Gasteiger partial charge in [0, 0.05) is 36.4 Å². The van der Waals surface area contributed by atoms with Gasteiger partial charge in [0.25, 0.3) is 5.91 Å². The standard InChI is InChI=1S/C21H30N6O2/c1-13(2)25-9-6-10-26(20(25)29)17-11-14(3)27-18(23-17)16(12-22-27)19(28)24-21(4,5)15-7-8-15/h11-13,15H,6-10H2,1-5H3,(H,24,28). The number of nitrogens with one attached hydrogen (secondary N) is 1. The van der Waals surface area contributed by atoms with Crippen molar-refractivity contribution in [2.24, 2.45) is 5.92 Å². The molecule has 156 valence electrons. The number of aryl methyl sites for hydroxylation is 1. The number of anilines is 1. The van der Waals surface area contributed by atoms with Gasteiger partial charge in [0.1, 0.15) is 11.4 Å². The lowest BCUT2D eigenvalue weighted by molar-refractivity contribution is 0.0905. The quantitative estimate of drug-likeness (QED) is 0.839. The van der Waals surface area contributed by atoms with Crippen LogP contribution < -0.4 is 10.2 Å². The lowest BCUT2D eigenvalue weighted by Gasteiger charge is -2.37. The Labute approximate surface area is 171 Å². The molecule has 8 nitrogen and oxygen atoms in total. The molecule has 1 aliphatic carbocycles. The van der Waals surface area contributed by atoms with Crippen LogP contribution in [-0.4, -0.2) is 56.1 Å². The van der Waals surface area contributed by atoms with Crippen LogP contribution in [0.2, 0.25) is 0 Å². The van der Waals surface area contributed by atoms with E-state index in [0.29, 0.717) is 29.5 Å². The Hall–Kier alpha value is -2.64. The Morgan fingerprint density at radius 1 is 1.28 bits per heavy atom. The van der Waals surface area contributed by atoms with E-state index >= 15 is 0 Å². The minimum atomic E-state index is -0.251. The van der Waals surface area contributed by atoms with Crippen molar-refractivity contribution >= 4 is 23.4 Å². The van der Waals surface area contributed by atoms with Gasteiger partial charge in [-0.05, 0) is 59.8 Å². The Bertz CT molecular complexity index is 959. The fourth-order valence-electron chi connectivity index (χ4n) is 4.10. The molecule has 0 radical (unpaired) electrons. The van der Waals surface area contributed by atoms with E-state index in [-0.39, 0.29) is 23.5 Å². The fourth-order valence-corrected chi connectivity index (χ4v) is 4.10. The van der Waals surface area contributed by atoms with Crippen LogP contribution in [0.25, 0.3) is 5.65 Å². The molecule has 1 saturated heterocycles. The molecule has 0 bridgehead atoms. The second kappa shape index (κ2) is 7.00. The number of rotatable bonds is 5. The van der Waals surface area contributed by atoms with Gasteiger partial charge in [-0.25, -0.2) is 14.3 Å². The van der Waals surface area contributed by atoms with Crippen molar-refractivity contribution in [3.05, 3.63) is 23.5 Å². The van der Waals surface area contributed by atoms with E-state index in [0.717, 1.165) is 31.5 Å². The van der Waals surface area contributed by atoms with Gasteiger partial charge in [0.2, 0.25) is 0 Å². The molecule has 0 spiro atoms. The molecule has 2 fully saturated rings. The molecule has 8 heteroatoms. The summed E-state index contributed by atoms with van der Waals surface area (Å²) in [6.45, 7) is 11.4. The fraction of sp³-hybridized carbons (Fsp3) is 0.619. The predicted octanol–water partition coefficient (Wildman–Crippen LogP) is 3.00. The van der Waals surface area contributed by atoms with Crippen LogP contribution in [-0.2, 0) is 0 Å². The van der Waals surface area contributed by atoms with Gasteiger partial charge < -0.3 is 10.2 Å². The number of carbonyl (C=O) groups excluding carboxylic acids is 2. The molecule has 0 aromatic carbocycles. The number of hydrogen-bond acceptors (Lipinski definition) is 4. The topological polar surface area (TPSA) is 82.8 Å². The Morgan fingerprint density at radius 3 is 2.66 bits per heavy atom. The highest BCUT2D eigenvalue weighted by atomic mass is 16.2. The molecule has 2 aromatic rings. The van der Waals surface area contributed by atoms with Gasteiger partial charge in [-0.2, -0.15) is 5.10 Å². The number of nitrogens with zero attached hydrogens (tertiary/aromatic N) is 5. The van der Waals surface area contributed by atoms with E-state index in [1.807, 2.05) is 31.7 Å². The average molecular weight is 399 g/mol. The first kappa shape index (κ1) is 19.7. The highest BCUT2D eigenvalue weighted by molar-refractivity contribution is 6.00. The maximum absolute atomic E-state index is 13.0. The van der Waals surface area contributed by atoms with Gasteiger partial charge in [-0.1, -0.05) is 0 Å². The van der Waals surface area contributed by atoms with Crippen LogP contribution in [0.4, 0.5) is 10.6 Å². The largest absolute Gasteiger partial charge is 0.347 e. The van der Waals surface area contributed by atoms with Crippen molar-refractivity contribution in [2.75, 3.05) is 18.0 Å². The van der Waals surface area contributed by atoms with Crippen molar-refractivity contribution in [2.45, 2.75) is 65.5 Å². The zero-order chi connectivity index (χ0) is 20.9. The highest BCUT2D eigenvalue weighted by Crippen LogP contribution is 2.39. The maximum atomic E-state index is 13.0. The third-order valence-electron chi connectivity index (χ3n) is 6.07. The first-order valence-electron chi connectivity index (χ1n) is 10.4. The summed E-state index contributed by atoms with van der Waals surface area (Å²) < 4.78 is 1.66. The average Bonchev–Trinajstić information content (AvgIpc) is 3.42. The van der Waals surface area contributed by atoms with Crippen LogP contribution in [0.5, 0.6) is 0 Å². The molecule has 4 rings (SSSR count). The number of hydrogen-bond donors (Lipinski definition) is 1. The smallest absolute Gasteiger partial charge is 0.325 e. The highest BCUT2D eigenvalue weighted by Gasteiger charge is 2.39. The SMILES string of the molecule is Cc1cc(N2CCCN(C(C)C)C2=O)nc2c(C(=O)NC(C)(C)C3CC3)cnn12. The number of urea groups is 1. The summed E-state index contributed by atoms with van der Waals surface area (Å²) in [6.07, 6.45) is 4.74. The summed E-state index contributed by atoms with van der Waals surface area (Å²) in [5.74, 6) is 0.919. The summed E-state index contributed by atoms with van der Waals surface area (Å²) in [7, 11) is 0. The third-order valence-corrected chi connectivity index (χ3v) is 6.07. The van der Waals surface area contributed by atoms with Crippen LogP contribution in [0.1, 0.15) is 63.0 Å². The molecule has 0 unspecified atom stereocenters. The van der Waals surface area contributed by atoms with Crippen molar-refractivity contribution in [3.8, 4) is 0 Å². The molecule has 2 aliphatic rings. The molecule has 2 aromatic heterocycles. The maximum Gasteiger partial charge on any atom is 0.325 e. The lowest BCUT2D eigenvalue weighted by Crippen LogP contribution is -2.52. The minimum absolute atomic E-state index is 0.0390. The van der Waals surface area contributed by atoms with Gasteiger partial charge in [-0.15, -0.1) is 0 Å². The van der Waals surface area contributed by atoms with Crippen LogP contribution in [0.15, 0.2) is 12.3 Å². The molecule has 1 saturated carbocycles. The van der Waals surface area contributed by atoms with E-state index in [4.69, 9.17) is 4.98 Å². The van der Waals surface area contributed by atoms with Crippen molar-refractivity contribution in [1.82, 2.24) is 24.8 Å². The molecule has 29 heavy (non-hydrogen) atoms. The molecular weight excluding hydrogens is 368 g/mol. The zero-order valence-corrected chi connectivity index (χ0v) is 17.9. The van der Waals surface area contributed by atoms with E-state index in [1.54, 1.807) is 15.6 Å². The van der Waals surface area contributed by atoms with Gasteiger partial charge in [0.05, 0.1) is 6.20 Å². The number of amides is 3. The summed E-state index contributed by atoms with van der Waals surface area (Å²) in [5, 5.41) is 7.50. The van der Waals surface area contributed by atoms with E-state index in [2.05, 4.69) is 24.3 Å². The lowest BCUT2D eigenvalue weighted by atomic mass is 9.98. The third kappa shape index (κ3) is 3.56. The number of fused-ring (bicyclic) bond motifs is 1. The summed E-state index contributed by atoms with van der Waals surface area (Å²) in [5.41, 5.74) is 1.51. The van der Waals surface area contributed by atoms with Gasteiger partial charge >= 0.3 is 6.03 Å². The predicted molar refractivity (Wildman–Crippen MR) is 111 cm³/mol. The molecular formula is C21H30N6O2. The molecule has 1 N–H and O–H groups in total. The molecule has 3 heterocycles. The zero-order valence-electron chi connectivity index (χ0n) is 17.9. The first-order valence-corrected chi connectivity index (χ1v) is 10.4. The number of aromatic nitrogens is 3. The Balaban J connectivity index is 1.68. The molecule has 3 amide bonds. The van der Waals surface area contributed by atoms with Crippen LogP contribution in [0.3, 0.4) is 0 Å². The van der Waals surface area contributed by atoms with E-state index in [9.17, 15) is 9.59 Å². The van der Waals surface area contributed by atoms with Crippen molar-refractivity contribution in [1.29, 1.82) is 0 Å². The van der Waals surface area contributed by atoms with Gasteiger partial charge in [0.15, 0.2) is 5.65 Å². The van der Waals surface area contributed by atoms with E-state index in [1.165, 1.54) is 0 Å². The van der Waals surface area contributed by atoms with Crippen LogP contribution in [0, 0.1) is 12.8 Å². The second-order valence-corrected chi connectivity index (χ2v) is 9.07.